The summed E-state index contributed by atoms with van der Waals surface area (Å²) in [4.78, 5) is 25.4. The number of nitrogens with one attached hydrogen (secondary N) is 1. The van der Waals surface area contributed by atoms with E-state index >= 15 is 0 Å². The van der Waals surface area contributed by atoms with Gasteiger partial charge in [-0.2, -0.15) is 8.42 Å². The molecule has 0 saturated carbocycles. The number of aryl methyl sites for hydroxylation is 1. The third-order valence-corrected chi connectivity index (χ3v) is 6.35. The lowest BCUT2D eigenvalue weighted by Crippen LogP contribution is -2.47. The molecule has 1 aliphatic rings. The molecular formula is C20H22ClN3O6S. The summed E-state index contributed by atoms with van der Waals surface area (Å²) in [5.41, 5.74) is 7.04. The smallest absolute Gasteiger partial charge is 0.396 e. The topological polar surface area (TPSA) is 139 Å². The van der Waals surface area contributed by atoms with E-state index < -0.39 is 22.3 Å². The van der Waals surface area contributed by atoms with Gasteiger partial charge in [0.15, 0.2) is 0 Å². The van der Waals surface area contributed by atoms with Crippen LogP contribution in [0.4, 0.5) is 16.2 Å². The summed E-state index contributed by atoms with van der Waals surface area (Å²) < 4.78 is 27.8. The van der Waals surface area contributed by atoms with Gasteiger partial charge in [-0.15, -0.1) is 0 Å². The van der Waals surface area contributed by atoms with E-state index in [1.807, 2.05) is 17.0 Å². The second kappa shape index (κ2) is 9.54. The fourth-order valence-electron chi connectivity index (χ4n) is 3.56. The van der Waals surface area contributed by atoms with Gasteiger partial charge in [0, 0.05) is 29.5 Å². The molecule has 0 radical (unpaired) electrons. The molecule has 11 heteroatoms. The van der Waals surface area contributed by atoms with Gasteiger partial charge < -0.3 is 25.2 Å². The van der Waals surface area contributed by atoms with Gasteiger partial charge in [-0.3, -0.25) is 4.79 Å². The van der Waals surface area contributed by atoms with Crippen LogP contribution in [0.15, 0.2) is 47.4 Å². The van der Waals surface area contributed by atoms with Crippen LogP contribution in [-0.2, 0) is 25.5 Å². The van der Waals surface area contributed by atoms with Crippen LogP contribution in [0.5, 0.6) is 0 Å². The quantitative estimate of drug-likeness (QED) is 0.530. The Kier molecular flexibility index (Phi) is 7.04. The van der Waals surface area contributed by atoms with Gasteiger partial charge in [0.05, 0.1) is 0 Å². The number of carbonyl (C=O) groups is 2. The maximum atomic E-state index is 13.0. The van der Waals surface area contributed by atoms with Gasteiger partial charge in [-0.05, 0) is 67.3 Å². The predicted molar refractivity (Wildman–Crippen MR) is 116 cm³/mol. The van der Waals surface area contributed by atoms with Crippen LogP contribution in [0.25, 0.3) is 0 Å². The van der Waals surface area contributed by atoms with E-state index in [9.17, 15) is 23.1 Å². The maximum absolute atomic E-state index is 13.0. The van der Waals surface area contributed by atoms with Crippen LogP contribution >= 0.6 is 11.6 Å². The Labute approximate surface area is 184 Å². The Balaban J connectivity index is 1.79. The minimum absolute atomic E-state index is 0.181. The Hall–Kier alpha value is -2.82. The average Bonchev–Trinajstić information content (AvgIpc) is 2.71. The number of anilines is 2. The van der Waals surface area contributed by atoms with E-state index in [1.54, 1.807) is 6.07 Å². The number of benzene rings is 2. The number of rotatable bonds is 7. The summed E-state index contributed by atoms with van der Waals surface area (Å²) in [7, 11) is -4.32. The van der Waals surface area contributed by atoms with Crippen molar-refractivity contribution < 1.29 is 27.3 Å². The van der Waals surface area contributed by atoms with Gasteiger partial charge in [0.25, 0.3) is 0 Å². The molecule has 2 aromatic rings. The molecule has 1 unspecified atom stereocenters. The first-order chi connectivity index (χ1) is 14.7. The largest absolute Gasteiger partial charge is 0.420 e. The Bertz CT molecular complexity index is 1070. The Morgan fingerprint density at radius 3 is 2.58 bits per heavy atom. The molecule has 31 heavy (non-hydrogen) atoms. The summed E-state index contributed by atoms with van der Waals surface area (Å²) in [5.74, 6) is -0.346. The van der Waals surface area contributed by atoms with E-state index in [-0.39, 0.29) is 23.8 Å². The number of nitrogens with zero attached hydrogens (tertiary/aromatic N) is 1. The van der Waals surface area contributed by atoms with Crippen molar-refractivity contribution in [3.63, 3.8) is 0 Å². The number of fused-ring (bicyclic) bond motifs is 1. The monoisotopic (exact) mass is 467 g/mol. The van der Waals surface area contributed by atoms with Gasteiger partial charge in [0.1, 0.15) is 10.9 Å². The van der Waals surface area contributed by atoms with Crippen LogP contribution in [0, 0.1) is 0 Å². The maximum Gasteiger partial charge on any atom is 0.420 e. The van der Waals surface area contributed by atoms with Crippen molar-refractivity contribution in [2.45, 2.75) is 30.2 Å². The zero-order valence-electron chi connectivity index (χ0n) is 16.5. The van der Waals surface area contributed by atoms with Crippen LogP contribution in [0.2, 0.25) is 5.02 Å². The lowest BCUT2D eigenvalue weighted by Gasteiger charge is -2.37. The Morgan fingerprint density at radius 1 is 1.23 bits per heavy atom. The highest BCUT2D eigenvalue weighted by Crippen LogP contribution is 2.32. The SMILES string of the molecule is NC(=O)OS(=O)(=O)c1ccc(NC(=O)C(CCO)N2CCCc3cc(Cl)ccc32)cc1. The fourth-order valence-corrected chi connectivity index (χ4v) is 4.53. The van der Waals surface area contributed by atoms with Crippen molar-refractivity contribution in [3.8, 4) is 0 Å². The average molecular weight is 468 g/mol. The zero-order valence-corrected chi connectivity index (χ0v) is 18.0. The molecule has 0 aliphatic carbocycles. The van der Waals surface area contributed by atoms with Gasteiger partial charge in [0.2, 0.25) is 5.91 Å². The van der Waals surface area contributed by atoms with Crippen LogP contribution in [0.1, 0.15) is 18.4 Å². The van der Waals surface area contributed by atoms with Crippen molar-refractivity contribution in [2.75, 3.05) is 23.4 Å². The van der Waals surface area contributed by atoms with E-state index in [0.717, 1.165) is 24.1 Å². The summed E-state index contributed by atoms with van der Waals surface area (Å²) >= 11 is 6.09. The second-order valence-corrected chi connectivity index (χ2v) is 8.95. The number of hydrogen-bond acceptors (Lipinski definition) is 7. The molecule has 2 amide bonds. The number of aliphatic hydroxyl groups excluding tert-OH is 1. The number of amides is 2. The van der Waals surface area contributed by atoms with E-state index in [4.69, 9.17) is 17.3 Å². The molecule has 3 rings (SSSR count). The van der Waals surface area contributed by atoms with Crippen molar-refractivity contribution in [1.29, 1.82) is 0 Å². The molecule has 1 aliphatic heterocycles. The van der Waals surface area contributed by atoms with E-state index in [1.165, 1.54) is 24.3 Å². The van der Waals surface area contributed by atoms with E-state index in [0.29, 0.717) is 17.3 Å². The molecule has 0 fully saturated rings. The minimum Gasteiger partial charge on any atom is -0.396 e. The lowest BCUT2D eigenvalue weighted by molar-refractivity contribution is -0.117. The predicted octanol–water partition coefficient (Wildman–Crippen LogP) is 2.27. The normalized spacial score (nSPS) is 14.5. The van der Waals surface area contributed by atoms with Crippen molar-refractivity contribution in [1.82, 2.24) is 0 Å². The number of hydrogen-bond donors (Lipinski definition) is 3. The fraction of sp³-hybridized carbons (Fsp3) is 0.300. The molecule has 166 valence electrons. The molecule has 0 bridgehead atoms. The number of carbonyl (C=O) groups excluding carboxylic acids is 2. The van der Waals surface area contributed by atoms with Crippen molar-refractivity contribution in [2.24, 2.45) is 5.73 Å². The first kappa shape index (κ1) is 22.9. The van der Waals surface area contributed by atoms with Crippen LogP contribution in [0.3, 0.4) is 0 Å². The first-order valence-electron chi connectivity index (χ1n) is 9.52. The number of halogens is 1. The molecule has 2 aromatic carbocycles. The molecule has 4 N–H and O–H groups in total. The number of aliphatic hydroxyl groups is 1. The third kappa shape index (κ3) is 5.46. The molecule has 0 aromatic heterocycles. The summed E-state index contributed by atoms with van der Waals surface area (Å²) in [6, 6.07) is 9.99. The zero-order chi connectivity index (χ0) is 22.6. The highest BCUT2D eigenvalue weighted by atomic mass is 35.5. The van der Waals surface area contributed by atoms with Crippen LogP contribution in [-0.4, -0.2) is 44.7 Å². The second-order valence-electron chi connectivity index (χ2n) is 6.97. The van der Waals surface area contributed by atoms with Gasteiger partial charge in [-0.1, -0.05) is 11.6 Å². The van der Waals surface area contributed by atoms with E-state index in [2.05, 4.69) is 9.50 Å². The number of nitrogens with two attached hydrogens (primary N) is 1. The summed E-state index contributed by atoms with van der Waals surface area (Å²) in [6.45, 7) is 0.466. The molecule has 1 heterocycles. The molecule has 9 nitrogen and oxygen atoms in total. The van der Waals surface area contributed by atoms with Crippen LogP contribution < -0.4 is 16.0 Å². The molecular weight excluding hydrogens is 446 g/mol. The van der Waals surface area contributed by atoms with Gasteiger partial charge >= 0.3 is 16.2 Å². The summed E-state index contributed by atoms with van der Waals surface area (Å²) in [6.07, 6.45) is 0.470. The van der Waals surface area contributed by atoms with Crippen molar-refractivity contribution >= 4 is 45.1 Å². The molecule has 0 saturated heterocycles. The highest BCUT2D eigenvalue weighted by molar-refractivity contribution is 7.87. The molecule has 0 spiro atoms. The minimum atomic E-state index is -4.32. The van der Waals surface area contributed by atoms with Gasteiger partial charge in [-0.25, -0.2) is 4.79 Å². The highest BCUT2D eigenvalue weighted by Gasteiger charge is 2.29. The van der Waals surface area contributed by atoms with Crippen molar-refractivity contribution in [3.05, 3.63) is 53.1 Å². The number of primary amides is 1. The third-order valence-electron chi connectivity index (χ3n) is 4.88. The molecule has 1 atom stereocenters. The lowest BCUT2D eigenvalue weighted by atomic mass is 9.98. The standard InChI is InChI=1S/C20H22ClN3O6S/c21-14-3-8-17-13(12-14)2-1-10-24(17)18(9-11-25)19(26)23-15-4-6-16(7-5-15)31(28,29)30-20(22)27/h3-8,12,18,25H,1-2,9-11H2,(H2,22,27)(H,23,26). The summed E-state index contributed by atoms with van der Waals surface area (Å²) in [5, 5.41) is 12.9. The Morgan fingerprint density at radius 2 is 1.94 bits per heavy atom. The first-order valence-corrected chi connectivity index (χ1v) is 11.3.